The average Bonchev–Trinajstić information content (AvgIpc) is 3.65. The van der Waals surface area contributed by atoms with E-state index in [0.29, 0.717) is 37.7 Å². The van der Waals surface area contributed by atoms with Crippen molar-refractivity contribution in [3.8, 4) is 12.1 Å². The standard InChI is InChI=1S/C31H30FN7O4/c32-25-7-19(9-33)1-2-22(25)18-43-31-34-6-5-28(36-31)38-13-23-11-37(12-24(23)14-38)15-29-35-26-4-3-21(30(40)41)8-27(26)39(29)10-20-16-42-17-20/h1,3-8,20,22H,2,10-18H2,(H,40,41). The molecule has 1 N–H and O–H groups in total. The van der Waals surface area contributed by atoms with Gasteiger partial charge in [0.05, 0.1) is 48.0 Å². The van der Waals surface area contributed by atoms with Crippen molar-refractivity contribution in [3.05, 3.63) is 76.5 Å². The summed E-state index contributed by atoms with van der Waals surface area (Å²) in [5, 5.41) is 18.5. The molecule has 1 aliphatic carbocycles. The number of carbonyl (C=O) groups is 1. The average molecular weight is 584 g/mol. The summed E-state index contributed by atoms with van der Waals surface area (Å²) in [6.07, 6.45) is 5.02. The fourth-order valence-electron chi connectivity index (χ4n) is 6.10. The largest absolute Gasteiger partial charge is 0.478 e. The van der Waals surface area contributed by atoms with Gasteiger partial charge in [-0.2, -0.15) is 10.2 Å². The number of anilines is 1. The molecule has 5 heterocycles. The summed E-state index contributed by atoms with van der Waals surface area (Å²) in [6.45, 7) is 6.08. The number of aromatic carboxylic acids is 1. The van der Waals surface area contributed by atoms with Crippen molar-refractivity contribution in [2.24, 2.45) is 11.8 Å². The van der Waals surface area contributed by atoms with Crippen LogP contribution in [0.2, 0.25) is 0 Å². The Morgan fingerprint density at radius 1 is 1.16 bits per heavy atom. The second-order valence-electron chi connectivity index (χ2n) is 11.5. The van der Waals surface area contributed by atoms with E-state index in [0.717, 1.165) is 55.4 Å². The Kier molecular flexibility index (Phi) is 7.12. The van der Waals surface area contributed by atoms with Crippen LogP contribution >= 0.6 is 0 Å². The molecule has 1 fully saturated rings. The van der Waals surface area contributed by atoms with Crippen molar-refractivity contribution in [2.45, 2.75) is 19.5 Å². The van der Waals surface area contributed by atoms with Gasteiger partial charge < -0.3 is 24.0 Å². The van der Waals surface area contributed by atoms with Crippen LogP contribution in [0.5, 0.6) is 6.01 Å². The van der Waals surface area contributed by atoms with Crippen LogP contribution in [-0.2, 0) is 17.8 Å². The number of carboxylic acids is 1. The summed E-state index contributed by atoms with van der Waals surface area (Å²) in [7, 11) is 0. The number of carboxylic acid groups (broad SMARTS) is 1. The van der Waals surface area contributed by atoms with E-state index in [1.807, 2.05) is 12.1 Å². The van der Waals surface area contributed by atoms with Gasteiger partial charge in [0.2, 0.25) is 0 Å². The van der Waals surface area contributed by atoms with E-state index in [2.05, 4.69) is 24.3 Å². The number of imidazole rings is 1. The third-order valence-corrected chi connectivity index (χ3v) is 8.47. The molecule has 0 spiro atoms. The van der Waals surface area contributed by atoms with Gasteiger partial charge in [-0.1, -0.05) is 6.08 Å². The highest BCUT2D eigenvalue weighted by Crippen LogP contribution is 2.31. The van der Waals surface area contributed by atoms with Gasteiger partial charge in [0.25, 0.3) is 0 Å². The molecule has 0 saturated carbocycles. The number of hydrogen-bond acceptors (Lipinski definition) is 9. The first-order chi connectivity index (χ1) is 20.9. The molecule has 1 unspecified atom stereocenters. The predicted molar refractivity (Wildman–Crippen MR) is 154 cm³/mol. The van der Waals surface area contributed by atoms with E-state index in [1.165, 1.54) is 17.2 Å². The summed E-state index contributed by atoms with van der Waals surface area (Å²) in [5.74, 6) is 0.324. The Labute approximate surface area is 247 Å². The minimum atomic E-state index is -0.946. The number of ether oxygens (including phenoxy) is 2. The molecule has 0 amide bonds. The molecule has 3 aromatic rings. The number of rotatable bonds is 9. The minimum Gasteiger partial charge on any atom is -0.478 e. The third-order valence-electron chi connectivity index (χ3n) is 8.47. The number of nitrogens with zero attached hydrogens (tertiary/aromatic N) is 7. The second-order valence-corrected chi connectivity index (χ2v) is 11.5. The lowest BCUT2D eigenvalue weighted by molar-refractivity contribution is -0.0393. The lowest BCUT2D eigenvalue weighted by atomic mass is 9.97. The predicted octanol–water partition coefficient (Wildman–Crippen LogP) is 3.51. The molecule has 3 aliphatic heterocycles. The van der Waals surface area contributed by atoms with Gasteiger partial charge >= 0.3 is 12.0 Å². The van der Waals surface area contributed by atoms with Crippen LogP contribution in [0.25, 0.3) is 11.0 Å². The van der Waals surface area contributed by atoms with Crippen molar-refractivity contribution in [1.29, 1.82) is 5.26 Å². The molecule has 43 heavy (non-hydrogen) atoms. The first-order valence-corrected chi connectivity index (χ1v) is 14.3. The van der Waals surface area contributed by atoms with E-state index in [4.69, 9.17) is 19.7 Å². The number of aromatic nitrogens is 4. The summed E-state index contributed by atoms with van der Waals surface area (Å²) >= 11 is 0. The lowest BCUT2D eigenvalue weighted by Crippen LogP contribution is -2.33. The molecule has 2 aromatic heterocycles. The molecule has 1 saturated heterocycles. The summed E-state index contributed by atoms with van der Waals surface area (Å²) in [5.41, 5.74) is 4.96. The zero-order valence-electron chi connectivity index (χ0n) is 23.4. The smallest absolute Gasteiger partial charge is 0.335 e. The molecule has 7 rings (SSSR count). The zero-order valence-corrected chi connectivity index (χ0v) is 23.4. The maximum Gasteiger partial charge on any atom is 0.335 e. The maximum absolute atomic E-state index is 14.3. The van der Waals surface area contributed by atoms with Crippen LogP contribution in [0.3, 0.4) is 0 Å². The van der Waals surface area contributed by atoms with E-state index in [-0.39, 0.29) is 24.0 Å². The van der Waals surface area contributed by atoms with Crippen molar-refractivity contribution >= 4 is 22.8 Å². The van der Waals surface area contributed by atoms with Crippen LogP contribution in [0, 0.1) is 23.2 Å². The van der Waals surface area contributed by atoms with Crippen LogP contribution in [-0.4, -0.2) is 81.5 Å². The van der Waals surface area contributed by atoms with Gasteiger partial charge in [0.1, 0.15) is 24.1 Å². The number of halogens is 1. The van der Waals surface area contributed by atoms with Crippen molar-refractivity contribution < 1.29 is 23.8 Å². The summed E-state index contributed by atoms with van der Waals surface area (Å²) in [6, 6.07) is 9.14. The number of nitriles is 1. The number of benzene rings is 1. The Balaban J connectivity index is 0.985. The van der Waals surface area contributed by atoms with E-state index in [1.54, 1.807) is 30.5 Å². The molecule has 4 aliphatic rings. The fourth-order valence-corrected chi connectivity index (χ4v) is 6.10. The summed E-state index contributed by atoms with van der Waals surface area (Å²) in [4.78, 5) is 29.9. The van der Waals surface area contributed by atoms with Crippen molar-refractivity contribution in [2.75, 3.05) is 50.9 Å². The zero-order chi connectivity index (χ0) is 29.5. The maximum atomic E-state index is 14.3. The number of fused-ring (bicyclic) bond motifs is 1. The molecule has 220 valence electrons. The first-order valence-electron chi connectivity index (χ1n) is 14.3. The Bertz CT molecular complexity index is 1720. The monoisotopic (exact) mass is 583 g/mol. The van der Waals surface area contributed by atoms with Gasteiger partial charge in [0.15, 0.2) is 0 Å². The highest BCUT2D eigenvalue weighted by Gasteiger charge is 2.32. The Morgan fingerprint density at radius 3 is 2.67 bits per heavy atom. The molecular formula is C31H30FN7O4. The first kappa shape index (κ1) is 27.2. The normalized spacial score (nSPS) is 20.6. The Hall–Kier alpha value is -4.60. The minimum absolute atomic E-state index is 0.0981. The van der Waals surface area contributed by atoms with Crippen LogP contribution in [0.1, 0.15) is 22.6 Å². The highest BCUT2D eigenvalue weighted by atomic mass is 19.1. The van der Waals surface area contributed by atoms with Crippen LogP contribution in [0.15, 0.2) is 65.2 Å². The topological polar surface area (TPSA) is 130 Å². The molecule has 0 bridgehead atoms. The summed E-state index contributed by atoms with van der Waals surface area (Å²) < 4.78 is 27.6. The van der Waals surface area contributed by atoms with Gasteiger partial charge in [-0.15, -0.1) is 0 Å². The fraction of sp³-hybridized carbons (Fsp3) is 0.387. The molecule has 1 aromatic carbocycles. The van der Waals surface area contributed by atoms with E-state index in [9.17, 15) is 14.3 Å². The lowest BCUT2D eigenvalue weighted by Gasteiger charge is -2.28. The van der Waals surface area contributed by atoms with E-state index >= 15 is 0 Å². The Morgan fingerprint density at radius 2 is 1.98 bits per heavy atom. The van der Waals surface area contributed by atoms with Gasteiger partial charge in [-0.05, 0) is 47.9 Å². The molecule has 11 nitrogen and oxygen atoms in total. The SMILES string of the molecule is N#CC1=CCC(COc2nccc(N3CC4=C(CN(Cc5nc6ccc(C(=O)O)cc6n5CC5COC5)C4)C3)n2)C(F)=C1. The van der Waals surface area contributed by atoms with Crippen molar-refractivity contribution in [1.82, 2.24) is 24.4 Å². The number of hydrogen-bond donors (Lipinski definition) is 1. The van der Waals surface area contributed by atoms with Crippen LogP contribution < -0.4 is 9.64 Å². The molecule has 1 atom stereocenters. The third kappa shape index (κ3) is 5.49. The van der Waals surface area contributed by atoms with Gasteiger partial charge in [0, 0.05) is 50.8 Å². The van der Waals surface area contributed by atoms with Gasteiger partial charge in [-0.3, -0.25) is 4.90 Å². The molecule has 12 heteroatoms. The van der Waals surface area contributed by atoms with Crippen molar-refractivity contribution in [3.63, 3.8) is 0 Å². The molecule has 0 radical (unpaired) electrons. The quantitative estimate of drug-likeness (QED) is 0.374. The number of allylic oxidation sites excluding steroid dienone is 3. The second kappa shape index (κ2) is 11.2. The molecular weight excluding hydrogens is 553 g/mol. The van der Waals surface area contributed by atoms with Gasteiger partial charge in [-0.25, -0.2) is 19.2 Å². The highest BCUT2D eigenvalue weighted by molar-refractivity contribution is 5.92. The van der Waals surface area contributed by atoms with E-state index < -0.39 is 11.9 Å². The van der Waals surface area contributed by atoms with Crippen LogP contribution in [0.4, 0.5) is 10.2 Å².